The third kappa shape index (κ3) is 4.88. The van der Waals surface area contributed by atoms with Crippen LogP contribution in [0.4, 0.5) is 5.69 Å². The first-order valence-corrected chi connectivity index (χ1v) is 11.6. The zero-order valence-electron chi connectivity index (χ0n) is 20.6. The molecular formula is C28H26ClNO6. The zero-order chi connectivity index (χ0) is 26.0. The predicted molar refractivity (Wildman–Crippen MR) is 141 cm³/mol. The second-order valence-corrected chi connectivity index (χ2v) is 8.73. The number of para-hydroxylation sites is 1. The Bertz CT molecular complexity index is 1510. The van der Waals surface area contributed by atoms with Crippen molar-refractivity contribution >= 4 is 34.2 Å². The van der Waals surface area contributed by atoms with E-state index in [0.29, 0.717) is 33.4 Å². The lowest BCUT2D eigenvalue weighted by atomic mass is 10.1. The zero-order valence-corrected chi connectivity index (χ0v) is 21.4. The molecule has 0 spiro atoms. The van der Waals surface area contributed by atoms with Crippen LogP contribution in [0.5, 0.6) is 17.2 Å². The first-order valence-electron chi connectivity index (χ1n) is 11.3. The Kier molecular flexibility index (Phi) is 7.22. The molecule has 0 bridgehead atoms. The summed E-state index contributed by atoms with van der Waals surface area (Å²) >= 11 is 6.29. The lowest BCUT2D eigenvalue weighted by molar-refractivity contribution is -0.122. The van der Waals surface area contributed by atoms with Gasteiger partial charge in [0.05, 0.1) is 19.6 Å². The maximum atomic E-state index is 13.6. The van der Waals surface area contributed by atoms with Gasteiger partial charge in [0.1, 0.15) is 5.58 Å². The number of nitrogens with one attached hydrogen (secondary N) is 1. The van der Waals surface area contributed by atoms with Gasteiger partial charge in [0, 0.05) is 16.3 Å². The van der Waals surface area contributed by atoms with Gasteiger partial charge in [0.2, 0.25) is 11.2 Å². The van der Waals surface area contributed by atoms with Crippen molar-refractivity contribution in [1.29, 1.82) is 0 Å². The van der Waals surface area contributed by atoms with Crippen molar-refractivity contribution in [2.24, 2.45) is 0 Å². The minimum atomic E-state index is -1.01. The van der Waals surface area contributed by atoms with Crippen LogP contribution >= 0.6 is 11.6 Å². The fraction of sp³-hybridized carbons (Fsp3) is 0.214. The summed E-state index contributed by atoms with van der Waals surface area (Å²) in [5, 5.41) is 3.51. The number of anilines is 1. The van der Waals surface area contributed by atoms with Crippen molar-refractivity contribution in [3.8, 4) is 28.6 Å². The number of hydrogen-bond donors (Lipinski definition) is 1. The molecule has 1 amide bonds. The maximum Gasteiger partial charge on any atom is 0.265 e. The average Bonchev–Trinajstić information content (AvgIpc) is 2.87. The molecule has 4 aromatic rings. The molecule has 0 aliphatic carbocycles. The Labute approximate surface area is 213 Å². The minimum Gasteiger partial charge on any atom is -0.493 e. The second kappa shape index (κ2) is 10.3. The molecule has 0 radical (unpaired) electrons. The van der Waals surface area contributed by atoms with Crippen LogP contribution in [-0.4, -0.2) is 26.2 Å². The van der Waals surface area contributed by atoms with E-state index in [-0.39, 0.29) is 16.9 Å². The van der Waals surface area contributed by atoms with Crippen LogP contribution in [0, 0.1) is 13.8 Å². The molecule has 0 saturated heterocycles. The summed E-state index contributed by atoms with van der Waals surface area (Å²) in [6.45, 7) is 5.28. The molecule has 36 heavy (non-hydrogen) atoms. The Morgan fingerprint density at radius 3 is 2.39 bits per heavy atom. The normalized spacial score (nSPS) is 11.7. The van der Waals surface area contributed by atoms with E-state index < -0.39 is 17.4 Å². The van der Waals surface area contributed by atoms with Gasteiger partial charge in [0.25, 0.3) is 5.91 Å². The number of aryl methyl sites for hydroxylation is 2. The molecule has 3 aromatic carbocycles. The number of rotatable bonds is 7. The number of ether oxygens (including phenoxy) is 3. The van der Waals surface area contributed by atoms with Gasteiger partial charge in [-0.15, -0.1) is 0 Å². The van der Waals surface area contributed by atoms with Crippen LogP contribution in [0.15, 0.2) is 63.8 Å². The quantitative estimate of drug-likeness (QED) is 0.322. The maximum absolute atomic E-state index is 13.6. The Hall–Kier alpha value is -3.97. The summed E-state index contributed by atoms with van der Waals surface area (Å²) in [6, 6.07) is 15.7. The Morgan fingerprint density at radius 1 is 0.972 bits per heavy atom. The molecule has 0 fully saturated rings. The van der Waals surface area contributed by atoms with Gasteiger partial charge in [-0.25, -0.2) is 0 Å². The molecule has 4 rings (SSSR count). The van der Waals surface area contributed by atoms with Gasteiger partial charge in [-0.1, -0.05) is 29.8 Å². The Morgan fingerprint density at radius 2 is 1.69 bits per heavy atom. The predicted octanol–water partition coefficient (Wildman–Crippen LogP) is 6.15. The molecule has 0 saturated carbocycles. The molecule has 186 valence electrons. The van der Waals surface area contributed by atoms with Crippen LogP contribution in [0.2, 0.25) is 5.02 Å². The number of amides is 1. The van der Waals surface area contributed by atoms with Gasteiger partial charge < -0.3 is 23.9 Å². The van der Waals surface area contributed by atoms with Gasteiger partial charge in [0.15, 0.2) is 23.4 Å². The van der Waals surface area contributed by atoms with Crippen molar-refractivity contribution in [2.45, 2.75) is 26.9 Å². The lowest BCUT2D eigenvalue weighted by Gasteiger charge is -2.18. The SMILES string of the molecule is COc1ccc(-c2oc3cc(C)c(Cl)cc3c(=O)c2OC(C)C(=O)Nc2ccccc2C)cc1OC. The standard InChI is InChI=1S/C28H26ClNO6/c1-15-8-6-7-9-21(15)30-28(32)17(3)35-27-25(31)19-14-20(29)16(2)12-23(19)36-26(27)18-10-11-22(33-4)24(13-18)34-5/h6-14,17H,1-5H3,(H,30,32). The molecule has 0 aliphatic rings. The average molecular weight is 508 g/mol. The lowest BCUT2D eigenvalue weighted by Crippen LogP contribution is -2.32. The number of fused-ring (bicyclic) bond motifs is 1. The highest BCUT2D eigenvalue weighted by Gasteiger charge is 2.24. The van der Waals surface area contributed by atoms with Crippen LogP contribution in [0.1, 0.15) is 18.1 Å². The molecule has 1 atom stereocenters. The molecule has 1 N–H and O–H groups in total. The Balaban J connectivity index is 1.82. The highest BCUT2D eigenvalue weighted by atomic mass is 35.5. The molecule has 7 nitrogen and oxygen atoms in total. The minimum absolute atomic E-state index is 0.109. The summed E-state index contributed by atoms with van der Waals surface area (Å²) in [6.07, 6.45) is -1.01. The highest BCUT2D eigenvalue weighted by Crippen LogP contribution is 2.37. The van der Waals surface area contributed by atoms with Crippen LogP contribution in [0.25, 0.3) is 22.3 Å². The van der Waals surface area contributed by atoms with E-state index in [1.807, 2.05) is 32.0 Å². The third-order valence-corrected chi connectivity index (χ3v) is 6.25. The van der Waals surface area contributed by atoms with Crippen molar-refractivity contribution < 1.29 is 23.4 Å². The number of benzene rings is 3. The van der Waals surface area contributed by atoms with Crippen molar-refractivity contribution in [3.05, 3.63) is 81.0 Å². The highest BCUT2D eigenvalue weighted by molar-refractivity contribution is 6.32. The summed E-state index contributed by atoms with van der Waals surface area (Å²) in [5.74, 6) is 0.596. The van der Waals surface area contributed by atoms with E-state index in [9.17, 15) is 9.59 Å². The van der Waals surface area contributed by atoms with Gasteiger partial charge >= 0.3 is 0 Å². The van der Waals surface area contributed by atoms with Crippen LogP contribution in [-0.2, 0) is 4.79 Å². The van der Waals surface area contributed by atoms with E-state index in [0.717, 1.165) is 11.1 Å². The van der Waals surface area contributed by atoms with Crippen molar-refractivity contribution in [2.75, 3.05) is 19.5 Å². The molecule has 1 aromatic heterocycles. The fourth-order valence-corrected chi connectivity index (χ4v) is 3.91. The number of halogens is 1. The van der Waals surface area contributed by atoms with Crippen LogP contribution in [0.3, 0.4) is 0 Å². The van der Waals surface area contributed by atoms with E-state index in [1.54, 1.807) is 43.3 Å². The number of hydrogen-bond acceptors (Lipinski definition) is 6. The first kappa shape index (κ1) is 25.1. The monoisotopic (exact) mass is 507 g/mol. The number of carbonyl (C=O) groups is 1. The van der Waals surface area contributed by atoms with Crippen LogP contribution < -0.4 is 25.0 Å². The summed E-state index contributed by atoms with van der Waals surface area (Å²) in [7, 11) is 3.04. The largest absolute Gasteiger partial charge is 0.493 e. The molecule has 1 heterocycles. The molecule has 1 unspecified atom stereocenters. The first-order chi connectivity index (χ1) is 17.2. The smallest absolute Gasteiger partial charge is 0.265 e. The molecule has 8 heteroatoms. The summed E-state index contributed by atoms with van der Waals surface area (Å²) in [4.78, 5) is 26.6. The fourth-order valence-electron chi connectivity index (χ4n) is 3.75. The third-order valence-electron chi connectivity index (χ3n) is 5.84. The van der Waals surface area contributed by atoms with Gasteiger partial charge in [-0.3, -0.25) is 9.59 Å². The topological polar surface area (TPSA) is 87.0 Å². The van der Waals surface area contributed by atoms with Gasteiger partial charge in [-0.2, -0.15) is 0 Å². The van der Waals surface area contributed by atoms with Gasteiger partial charge in [-0.05, 0) is 68.3 Å². The molecule has 0 aliphatic heterocycles. The van der Waals surface area contributed by atoms with E-state index >= 15 is 0 Å². The second-order valence-electron chi connectivity index (χ2n) is 8.32. The van der Waals surface area contributed by atoms with Crippen molar-refractivity contribution in [1.82, 2.24) is 0 Å². The van der Waals surface area contributed by atoms with E-state index in [2.05, 4.69) is 5.32 Å². The summed E-state index contributed by atoms with van der Waals surface area (Å²) < 4.78 is 22.9. The van der Waals surface area contributed by atoms with E-state index in [4.69, 9.17) is 30.2 Å². The van der Waals surface area contributed by atoms with E-state index in [1.165, 1.54) is 14.2 Å². The number of methoxy groups -OCH3 is 2. The number of carbonyl (C=O) groups excluding carboxylic acids is 1. The molecular weight excluding hydrogens is 482 g/mol. The van der Waals surface area contributed by atoms with Crippen molar-refractivity contribution in [3.63, 3.8) is 0 Å². The summed E-state index contributed by atoms with van der Waals surface area (Å²) in [5.41, 5.74) is 2.73.